The Hall–Kier alpha value is -4.02. The van der Waals surface area contributed by atoms with E-state index in [1.807, 2.05) is 30.3 Å². The normalized spacial score (nSPS) is 14.0. The lowest BCUT2D eigenvalue weighted by atomic mass is 10.1. The van der Waals surface area contributed by atoms with Crippen LogP contribution in [0.25, 0.3) is 23.0 Å². The minimum atomic E-state index is -4.45. The Kier molecular flexibility index (Phi) is 4.72. The number of amides is 1. The van der Waals surface area contributed by atoms with Gasteiger partial charge in [-0.1, -0.05) is 52.8 Å². The fraction of sp³-hybridized carbons (Fsp3) is 0.190. The first-order chi connectivity index (χ1) is 15.4. The Bertz CT molecular complexity index is 1280. The fourth-order valence-corrected chi connectivity index (χ4v) is 3.53. The third-order valence-electron chi connectivity index (χ3n) is 5.09. The zero-order valence-electron chi connectivity index (χ0n) is 16.5. The number of carbonyl (C=O) groups is 1. The van der Waals surface area contributed by atoms with Crippen LogP contribution in [-0.2, 0) is 19.3 Å². The van der Waals surface area contributed by atoms with Crippen LogP contribution < -0.4 is 0 Å². The largest absolute Gasteiger partial charge is 0.416 e. The van der Waals surface area contributed by atoms with Gasteiger partial charge in [0.05, 0.1) is 12.1 Å². The van der Waals surface area contributed by atoms with E-state index in [0.29, 0.717) is 17.9 Å². The summed E-state index contributed by atoms with van der Waals surface area (Å²) in [6.45, 7) is 0.642. The molecule has 5 rings (SSSR count). The molecule has 3 heterocycles. The maximum atomic E-state index is 13.1. The van der Waals surface area contributed by atoms with E-state index < -0.39 is 17.6 Å². The van der Waals surface area contributed by atoms with E-state index in [2.05, 4.69) is 20.5 Å². The lowest BCUT2D eigenvalue weighted by molar-refractivity contribution is -0.137. The summed E-state index contributed by atoms with van der Waals surface area (Å²) in [6.07, 6.45) is -4.45. The second-order valence-electron chi connectivity index (χ2n) is 7.22. The number of halogens is 3. The van der Waals surface area contributed by atoms with Crippen LogP contribution in [0.3, 0.4) is 0 Å². The fourth-order valence-electron chi connectivity index (χ4n) is 3.53. The van der Waals surface area contributed by atoms with Gasteiger partial charge in [0.2, 0.25) is 5.82 Å². The van der Waals surface area contributed by atoms with Gasteiger partial charge in [-0.25, -0.2) is 4.68 Å². The molecule has 4 aromatic rings. The summed E-state index contributed by atoms with van der Waals surface area (Å²) in [4.78, 5) is 18.9. The van der Waals surface area contributed by atoms with E-state index in [9.17, 15) is 18.0 Å². The highest BCUT2D eigenvalue weighted by atomic mass is 19.4. The number of benzene rings is 2. The molecule has 2 aromatic heterocycles. The van der Waals surface area contributed by atoms with E-state index in [1.54, 1.807) is 6.07 Å². The molecule has 0 N–H and O–H groups in total. The van der Waals surface area contributed by atoms with Crippen LogP contribution in [0.2, 0.25) is 0 Å². The molecule has 11 heteroatoms. The molecular weight excluding hydrogens is 425 g/mol. The summed E-state index contributed by atoms with van der Waals surface area (Å²) in [5, 5.41) is 12.0. The summed E-state index contributed by atoms with van der Waals surface area (Å²) in [6, 6.07) is 14.1. The van der Waals surface area contributed by atoms with Crippen molar-refractivity contribution in [2.24, 2.45) is 0 Å². The molecule has 0 spiro atoms. The number of hydrogen-bond donors (Lipinski definition) is 0. The van der Waals surface area contributed by atoms with Gasteiger partial charge in [0.1, 0.15) is 0 Å². The van der Waals surface area contributed by atoms with Gasteiger partial charge in [0, 0.05) is 18.7 Å². The molecule has 8 nitrogen and oxygen atoms in total. The Labute approximate surface area is 179 Å². The van der Waals surface area contributed by atoms with Crippen molar-refractivity contribution in [3.63, 3.8) is 0 Å². The monoisotopic (exact) mass is 440 g/mol. The Morgan fingerprint density at radius 2 is 1.84 bits per heavy atom. The second kappa shape index (κ2) is 7.59. The number of alkyl halides is 3. The van der Waals surface area contributed by atoms with Crippen molar-refractivity contribution in [3.05, 3.63) is 71.4 Å². The van der Waals surface area contributed by atoms with Gasteiger partial charge in [-0.3, -0.25) is 4.79 Å². The Balaban J connectivity index is 1.42. The van der Waals surface area contributed by atoms with Gasteiger partial charge >= 0.3 is 6.18 Å². The SMILES string of the molecule is O=C1c2c(-c3nc(-c4ccccc4)no3)nnn2CCN1Cc1cccc(C(F)(F)F)c1. The summed E-state index contributed by atoms with van der Waals surface area (Å²) >= 11 is 0. The van der Waals surface area contributed by atoms with Gasteiger partial charge in [0.15, 0.2) is 11.4 Å². The Morgan fingerprint density at radius 3 is 2.62 bits per heavy atom. The highest BCUT2D eigenvalue weighted by Gasteiger charge is 2.34. The molecule has 0 atom stereocenters. The predicted molar refractivity (Wildman–Crippen MR) is 105 cm³/mol. The molecule has 0 bridgehead atoms. The number of rotatable bonds is 4. The van der Waals surface area contributed by atoms with Crippen LogP contribution >= 0.6 is 0 Å². The van der Waals surface area contributed by atoms with Crippen LogP contribution in [0.4, 0.5) is 13.2 Å². The van der Waals surface area contributed by atoms with E-state index in [0.717, 1.165) is 17.7 Å². The number of carbonyl (C=O) groups excluding carboxylic acids is 1. The lowest BCUT2D eigenvalue weighted by Crippen LogP contribution is -2.40. The first-order valence-electron chi connectivity index (χ1n) is 9.68. The van der Waals surface area contributed by atoms with Gasteiger partial charge in [-0.2, -0.15) is 18.2 Å². The zero-order valence-corrected chi connectivity index (χ0v) is 16.5. The van der Waals surface area contributed by atoms with Crippen LogP contribution in [0.5, 0.6) is 0 Å². The van der Waals surface area contributed by atoms with Crippen molar-refractivity contribution in [1.82, 2.24) is 30.0 Å². The van der Waals surface area contributed by atoms with Gasteiger partial charge in [-0.15, -0.1) is 5.10 Å². The first-order valence-corrected chi connectivity index (χ1v) is 9.68. The van der Waals surface area contributed by atoms with Crippen LogP contribution in [-0.4, -0.2) is 42.5 Å². The molecule has 32 heavy (non-hydrogen) atoms. The molecule has 1 aliphatic rings. The molecule has 2 aromatic carbocycles. The third kappa shape index (κ3) is 3.61. The maximum Gasteiger partial charge on any atom is 0.416 e. The minimum Gasteiger partial charge on any atom is -0.332 e. The quantitative estimate of drug-likeness (QED) is 0.481. The van der Waals surface area contributed by atoms with Crippen molar-refractivity contribution in [2.75, 3.05) is 6.54 Å². The van der Waals surface area contributed by atoms with Crippen molar-refractivity contribution in [3.8, 4) is 23.0 Å². The molecule has 0 saturated carbocycles. The van der Waals surface area contributed by atoms with Crippen molar-refractivity contribution >= 4 is 5.91 Å². The standard InChI is InChI=1S/C21H15F3N6O2/c22-21(23,24)15-8-4-5-13(11-15)12-29-9-10-30-17(20(29)31)16(26-28-30)19-25-18(27-32-19)14-6-2-1-3-7-14/h1-8,11H,9-10,12H2. The van der Waals surface area contributed by atoms with Crippen molar-refractivity contribution < 1.29 is 22.5 Å². The smallest absolute Gasteiger partial charge is 0.332 e. The second-order valence-corrected chi connectivity index (χ2v) is 7.22. The molecule has 1 aliphatic heterocycles. The molecule has 0 aliphatic carbocycles. The van der Waals surface area contributed by atoms with E-state index >= 15 is 0 Å². The van der Waals surface area contributed by atoms with E-state index in [1.165, 1.54) is 15.6 Å². The highest BCUT2D eigenvalue weighted by Crippen LogP contribution is 2.30. The lowest BCUT2D eigenvalue weighted by Gasteiger charge is -2.27. The minimum absolute atomic E-state index is 0.0203. The summed E-state index contributed by atoms with van der Waals surface area (Å²) in [7, 11) is 0. The molecule has 162 valence electrons. The summed E-state index contributed by atoms with van der Waals surface area (Å²) < 4.78 is 45.8. The molecule has 0 fully saturated rings. The number of fused-ring (bicyclic) bond motifs is 1. The molecule has 0 unspecified atom stereocenters. The molecule has 0 radical (unpaired) electrons. The zero-order chi connectivity index (χ0) is 22.3. The number of nitrogens with zero attached hydrogens (tertiary/aromatic N) is 6. The van der Waals surface area contributed by atoms with Crippen LogP contribution in [0, 0.1) is 0 Å². The average molecular weight is 440 g/mol. The van der Waals surface area contributed by atoms with Gasteiger partial charge < -0.3 is 9.42 Å². The summed E-state index contributed by atoms with van der Waals surface area (Å²) in [5.74, 6) is -0.0427. The Morgan fingerprint density at radius 1 is 1.03 bits per heavy atom. The highest BCUT2D eigenvalue weighted by molar-refractivity contribution is 5.98. The third-order valence-corrected chi connectivity index (χ3v) is 5.09. The van der Waals surface area contributed by atoms with Gasteiger partial charge in [-0.05, 0) is 17.7 Å². The first kappa shape index (κ1) is 19.9. The topological polar surface area (TPSA) is 89.9 Å². The van der Waals surface area contributed by atoms with Crippen molar-refractivity contribution in [2.45, 2.75) is 19.3 Å². The van der Waals surface area contributed by atoms with Gasteiger partial charge in [0.25, 0.3) is 11.8 Å². The van der Waals surface area contributed by atoms with Crippen molar-refractivity contribution in [1.29, 1.82) is 0 Å². The maximum absolute atomic E-state index is 13.1. The average Bonchev–Trinajstić information content (AvgIpc) is 3.43. The number of aromatic nitrogens is 5. The van der Waals surface area contributed by atoms with Crippen LogP contribution in [0.1, 0.15) is 21.6 Å². The molecular formula is C21H15F3N6O2. The molecule has 0 saturated heterocycles. The van der Waals surface area contributed by atoms with E-state index in [-0.39, 0.29) is 30.4 Å². The predicted octanol–water partition coefficient (Wildman–Crippen LogP) is 3.67. The van der Waals surface area contributed by atoms with Crippen LogP contribution in [0.15, 0.2) is 59.1 Å². The van der Waals surface area contributed by atoms with E-state index in [4.69, 9.17) is 4.52 Å². The molecule has 1 amide bonds. The number of hydrogen-bond acceptors (Lipinski definition) is 6. The summed E-state index contributed by atoms with van der Waals surface area (Å²) in [5.41, 5.74) is 0.650.